The molecule has 0 amide bonds. The Morgan fingerprint density at radius 1 is 1.26 bits per heavy atom. The van der Waals surface area contributed by atoms with Gasteiger partial charge in [-0.3, -0.25) is 0 Å². The van der Waals surface area contributed by atoms with E-state index in [2.05, 4.69) is 4.98 Å². The summed E-state index contributed by atoms with van der Waals surface area (Å²) in [6.45, 7) is 6.72. The average molecular weight is 260 g/mol. The van der Waals surface area contributed by atoms with Gasteiger partial charge in [-0.05, 0) is 37.1 Å². The maximum atomic E-state index is 6.02. The van der Waals surface area contributed by atoms with E-state index in [1.54, 1.807) is 6.20 Å². The summed E-state index contributed by atoms with van der Waals surface area (Å²) in [6, 6.07) is 7.58. The number of benzene rings is 1. The number of oxazole rings is 1. The molecule has 0 fully saturated rings. The molecule has 1 aromatic carbocycles. The minimum Gasteiger partial charge on any atom is -0.494 e. The van der Waals surface area contributed by atoms with E-state index < -0.39 is 0 Å². The first-order valence-electron chi connectivity index (χ1n) is 6.56. The Hall–Kier alpha value is -1.81. The fraction of sp³-hybridized carbons (Fsp3) is 0.400. The fourth-order valence-corrected chi connectivity index (χ4v) is 1.74. The van der Waals surface area contributed by atoms with Crippen LogP contribution in [-0.2, 0) is 0 Å². The Bertz CT molecular complexity index is 517. The molecule has 1 aromatic heterocycles. The number of ether oxygens (including phenoxy) is 1. The zero-order chi connectivity index (χ0) is 13.8. The minimum absolute atomic E-state index is 0.170. The van der Waals surface area contributed by atoms with E-state index in [1.807, 2.05) is 45.0 Å². The van der Waals surface area contributed by atoms with Gasteiger partial charge in [-0.2, -0.15) is 0 Å². The lowest BCUT2D eigenvalue weighted by atomic mass is 10.1. The predicted octanol–water partition coefficient (Wildman–Crippen LogP) is 3.40. The molecule has 0 spiro atoms. The summed E-state index contributed by atoms with van der Waals surface area (Å²) in [5.74, 6) is 2.46. The predicted molar refractivity (Wildman–Crippen MR) is 74.9 cm³/mol. The Morgan fingerprint density at radius 2 is 1.95 bits per heavy atom. The quantitative estimate of drug-likeness (QED) is 0.895. The molecule has 2 rings (SSSR count). The molecule has 4 nitrogen and oxygen atoms in total. The zero-order valence-corrected chi connectivity index (χ0v) is 11.6. The molecule has 2 N–H and O–H groups in total. The number of rotatable bonds is 5. The topological polar surface area (TPSA) is 61.3 Å². The smallest absolute Gasteiger partial charge is 0.212 e. The van der Waals surface area contributed by atoms with Crippen molar-refractivity contribution in [2.24, 2.45) is 11.7 Å². The maximum absolute atomic E-state index is 6.02. The van der Waals surface area contributed by atoms with Gasteiger partial charge in [0, 0.05) is 5.56 Å². The van der Waals surface area contributed by atoms with Crippen LogP contribution in [0.1, 0.15) is 32.7 Å². The van der Waals surface area contributed by atoms with Crippen molar-refractivity contribution in [2.75, 3.05) is 6.61 Å². The number of aromatic nitrogens is 1. The molecule has 1 atom stereocenters. The first-order valence-corrected chi connectivity index (χ1v) is 6.56. The van der Waals surface area contributed by atoms with Crippen LogP contribution >= 0.6 is 0 Å². The average Bonchev–Trinajstić information content (AvgIpc) is 2.88. The molecular weight excluding hydrogens is 240 g/mol. The van der Waals surface area contributed by atoms with Crippen LogP contribution in [0.25, 0.3) is 11.3 Å². The summed E-state index contributed by atoms with van der Waals surface area (Å²) in [7, 11) is 0. The number of nitrogens with zero attached hydrogens (tertiary/aromatic N) is 1. The highest BCUT2D eigenvalue weighted by molar-refractivity contribution is 5.57. The van der Waals surface area contributed by atoms with E-state index in [9.17, 15) is 0 Å². The Kier molecular flexibility index (Phi) is 4.22. The summed E-state index contributed by atoms with van der Waals surface area (Å²) in [5, 5.41) is 0. The van der Waals surface area contributed by atoms with Crippen LogP contribution < -0.4 is 10.5 Å². The lowest BCUT2D eigenvalue weighted by Gasteiger charge is -2.10. The highest BCUT2D eigenvalue weighted by atomic mass is 16.5. The minimum atomic E-state index is -0.170. The second kappa shape index (κ2) is 5.89. The molecule has 4 heteroatoms. The van der Waals surface area contributed by atoms with Gasteiger partial charge in [0.1, 0.15) is 5.75 Å². The molecule has 0 bridgehead atoms. The van der Waals surface area contributed by atoms with Crippen molar-refractivity contribution < 1.29 is 9.15 Å². The van der Waals surface area contributed by atoms with Gasteiger partial charge in [0.15, 0.2) is 5.76 Å². The summed E-state index contributed by atoms with van der Waals surface area (Å²) in [6.07, 6.45) is 1.72. The van der Waals surface area contributed by atoms with Crippen molar-refractivity contribution in [1.82, 2.24) is 4.98 Å². The Balaban J connectivity index is 2.18. The molecule has 0 saturated heterocycles. The van der Waals surface area contributed by atoms with Gasteiger partial charge in [-0.15, -0.1) is 0 Å². The third kappa shape index (κ3) is 3.15. The van der Waals surface area contributed by atoms with E-state index in [0.717, 1.165) is 17.1 Å². The van der Waals surface area contributed by atoms with Crippen LogP contribution in [0.2, 0.25) is 0 Å². The summed E-state index contributed by atoms with van der Waals surface area (Å²) in [4.78, 5) is 4.25. The van der Waals surface area contributed by atoms with Gasteiger partial charge >= 0.3 is 0 Å². The van der Waals surface area contributed by atoms with Crippen molar-refractivity contribution in [3.63, 3.8) is 0 Å². The number of hydrogen-bond donors (Lipinski definition) is 1. The SMILES string of the molecule is CCOc1ccc(-c2cnc(C(N)C(C)C)o2)cc1. The van der Waals surface area contributed by atoms with Gasteiger partial charge in [0.2, 0.25) is 5.89 Å². The van der Waals surface area contributed by atoms with Crippen molar-refractivity contribution in [1.29, 1.82) is 0 Å². The molecule has 1 unspecified atom stereocenters. The molecule has 102 valence electrons. The second-order valence-electron chi connectivity index (χ2n) is 4.79. The van der Waals surface area contributed by atoms with Crippen molar-refractivity contribution in [3.8, 4) is 17.1 Å². The van der Waals surface area contributed by atoms with Gasteiger partial charge in [-0.1, -0.05) is 13.8 Å². The van der Waals surface area contributed by atoms with Gasteiger partial charge in [0.05, 0.1) is 18.8 Å². The molecule has 19 heavy (non-hydrogen) atoms. The third-order valence-electron chi connectivity index (χ3n) is 2.98. The second-order valence-corrected chi connectivity index (χ2v) is 4.79. The van der Waals surface area contributed by atoms with E-state index in [1.165, 1.54) is 0 Å². The molecule has 0 aliphatic carbocycles. The Labute approximate surface area is 113 Å². The van der Waals surface area contributed by atoms with E-state index in [4.69, 9.17) is 14.9 Å². The third-order valence-corrected chi connectivity index (χ3v) is 2.98. The fourth-order valence-electron chi connectivity index (χ4n) is 1.74. The first kappa shape index (κ1) is 13.6. The van der Waals surface area contributed by atoms with Gasteiger partial charge < -0.3 is 14.9 Å². The zero-order valence-electron chi connectivity index (χ0n) is 11.6. The highest BCUT2D eigenvalue weighted by Crippen LogP contribution is 2.26. The monoisotopic (exact) mass is 260 g/mol. The normalized spacial score (nSPS) is 12.7. The molecule has 2 aromatic rings. The highest BCUT2D eigenvalue weighted by Gasteiger charge is 2.16. The molecule has 0 aliphatic heterocycles. The molecular formula is C15H20N2O2. The van der Waals surface area contributed by atoms with Crippen LogP contribution in [-0.4, -0.2) is 11.6 Å². The van der Waals surface area contributed by atoms with Gasteiger partial charge in [0.25, 0.3) is 0 Å². The van der Waals surface area contributed by atoms with Crippen LogP contribution in [0.5, 0.6) is 5.75 Å². The van der Waals surface area contributed by atoms with Crippen LogP contribution in [0, 0.1) is 5.92 Å². The van der Waals surface area contributed by atoms with E-state index >= 15 is 0 Å². The number of hydrogen-bond acceptors (Lipinski definition) is 4. The van der Waals surface area contributed by atoms with Crippen molar-refractivity contribution in [3.05, 3.63) is 36.4 Å². The van der Waals surface area contributed by atoms with Crippen LogP contribution in [0.15, 0.2) is 34.9 Å². The first-order chi connectivity index (χ1) is 9.11. The summed E-state index contributed by atoms with van der Waals surface area (Å²) >= 11 is 0. The molecule has 0 radical (unpaired) electrons. The largest absolute Gasteiger partial charge is 0.494 e. The van der Waals surface area contributed by atoms with E-state index in [0.29, 0.717) is 18.4 Å². The van der Waals surface area contributed by atoms with E-state index in [-0.39, 0.29) is 6.04 Å². The Morgan fingerprint density at radius 3 is 2.53 bits per heavy atom. The molecule has 0 saturated carbocycles. The van der Waals surface area contributed by atoms with Gasteiger partial charge in [-0.25, -0.2) is 4.98 Å². The maximum Gasteiger partial charge on any atom is 0.212 e. The lowest BCUT2D eigenvalue weighted by molar-refractivity contribution is 0.340. The standard InChI is InChI=1S/C15H20N2O2/c1-4-18-12-7-5-11(6-8-12)13-9-17-15(19-13)14(16)10(2)3/h5-10,14H,4,16H2,1-3H3. The summed E-state index contributed by atoms with van der Waals surface area (Å²) < 4.78 is 11.1. The van der Waals surface area contributed by atoms with Crippen LogP contribution in [0.3, 0.4) is 0 Å². The molecule has 1 heterocycles. The molecule has 0 aliphatic rings. The summed E-state index contributed by atoms with van der Waals surface area (Å²) in [5.41, 5.74) is 6.99. The van der Waals surface area contributed by atoms with Crippen molar-refractivity contribution in [2.45, 2.75) is 26.8 Å². The van der Waals surface area contributed by atoms with Crippen LogP contribution in [0.4, 0.5) is 0 Å². The number of nitrogens with two attached hydrogens (primary N) is 1. The lowest BCUT2D eigenvalue weighted by Crippen LogP contribution is -2.16. The van der Waals surface area contributed by atoms with Crippen molar-refractivity contribution >= 4 is 0 Å².